The van der Waals surface area contributed by atoms with E-state index in [9.17, 15) is 4.79 Å². The van der Waals surface area contributed by atoms with E-state index in [1.807, 2.05) is 18.2 Å². The van der Waals surface area contributed by atoms with Crippen LogP contribution < -0.4 is 10.1 Å². The highest BCUT2D eigenvalue weighted by molar-refractivity contribution is 5.75. The fourth-order valence-corrected chi connectivity index (χ4v) is 2.13. The van der Waals surface area contributed by atoms with Crippen molar-refractivity contribution in [2.75, 3.05) is 27.2 Å². The molecule has 4 heteroatoms. The first-order valence-electron chi connectivity index (χ1n) is 6.34. The van der Waals surface area contributed by atoms with Crippen LogP contribution in [0.25, 0.3) is 0 Å². The molecule has 1 heterocycles. The molecule has 0 aromatic heterocycles. The Bertz CT molecular complexity index is 418. The average molecular weight is 248 g/mol. The maximum atomic E-state index is 11.5. The highest BCUT2D eigenvalue weighted by atomic mass is 16.5. The highest BCUT2D eigenvalue weighted by Crippen LogP contribution is 2.31. The maximum Gasteiger partial charge on any atom is 0.223 e. The van der Waals surface area contributed by atoms with Gasteiger partial charge in [0.1, 0.15) is 5.75 Å². The van der Waals surface area contributed by atoms with Gasteiger partial charge in [0, 0.05) is 45.1 Å². The Morgan fingerprint density at radius 1 is 1.44 bits per heavy atom. The molecule has 1 aromatic rings. The molecule has 18 heavy (non-hydrogen) atoms. The van der Waals surface area contributed by atoms with Gasteiger partial charge in [-0.3, -0.25) is 4.79 Å². The van der Waals surface area contributed by atoms with E-state index in [0.29, 0.717) is 19.0 Å². The van der Waals surface area contributed by atoms with Gasteiger partial charge in [-0.05, 0) is 6.07 Å². The Morgan fingerprint density at radius 3 is 3.00 bits per heavy atom. The zero-order valence-corrected chi connectivity index (χ0v) is 11.0. The summed E-state index contributed by atoms with van der Waals surface area (Å²) in [5, 5.41) is 3.44. The van der Waals surface area contributed by atoms with Gasteiger partial charge in [0.15, 0.2) is 0 Å². The Labute approximate surface area is 108 Å². The van der Waals surface area contributed by atoms with Gasteiger partial charge in [-0.2, -0.15) is 0 Å². The second-order valence-electron chi connectivity index (χ2n) is 4.72. The molecule has 1 unspecified atom stereocenters. The first-order chi connectivity index (χ1) is 8.68. The molecule has 0 fully saturated rings. The van der Waals surface area contributed by atoms with Crippen LogP contribution in [0.4, 0.5) is 0 Å². The zero-order valence-electron chi connectivity index (χ0n) is 11.0. The third-order valence-electron chi connectivity index (χ3n) is 3.19. The molecule has 4 nitrogen and oxygen atoms in total. The van der Waals surface area contributed by atoms with Crippen molar-refractivity contribution in [2.24, 2.45) is 0 Å². The lowest BCUT2D eigenvalue weighted by Gasteiger charge is -2.26. The number of amides is 1. The molecule has 0 saturated heterocycles. The summed E-state index contributed by atoms with van der Waals surface area (Å²) in [5.74, 6) is 1.11. The molecule has 0 spiro atoms. The quantitative estimate of drug-likeness (QED) is 0.879. The minimum atomic E-state index is 0.155. The van der Waals surface area contributed by atoms with Gasteiger partial charge in [-0.25, -0.2) is 0 Å². The van der Waals surface area contributed by atoms with Crippen molar-refractivity contribution >= 4 is 5.91 Å². The van der Waals surface area contributed by atoms with Crippen molar-refractivity contribution in [3.63, 3.8) is 0 Å². The van der Waals surface area contributed by atoms with Crippen LogP contribution in [-0.2, 0) is 4.79 Å². The fourth-order valence-electron chi connectivity index (χ4n) is 2.13. The molecule has 0 bridgehead atoms. The SMILES string of the molecule is CN(C)C(=O)CCNC1CCOc2ccccc21. The molecular weight excluding hydrogens is 228 g/mol. The van der Waals surface area contributed by atoms with Gasteiger partial charge >= 0.3 is 0 Å². The molecule has 0 aliphatic carbocycles. The second-order valence-corrected chi connectivity index (χ2v) is 4.72. The van der Waals surface area contributed by atoms with E-state index in [0.717, 1.165) is 18.8 Å². The number of carbonyl (C=O) groups excluding carboxylic acids is 1. The number of nitrogens with one attached hydrogen (secondary N) is 1. The predicted octanol–water partition coefficient (Wildman–Crippen LogP) is 1.58. The molecule has 0 radical (unpaired) electrons. The summed E-state index contributed by atoms with van der Waals surface area (Å²) in [6.07, 6.45) is 1.49. The van der Waals surface area contributed by atoms with Gasteiger partial charge in [0.25, 0.3) is 0 Å². The van der Waals surface area contributed by atoms with Gasteiger partial charge in [-0.1, -0.05) is 18.2 Å². The number of benzene rings is 1. The number of hydrogen-bond acceptors (Lipinski definition) is 3. The van der Waals surface area contributed by atoms with Crippen molar-refractivity contribution in [3.05, 3.63) is 29.8 Å². The summed E-state index contributed by atoms with van der Waals surface area (Å²) in [6.45, 7) is 1.44. The molecule has 1 aliphatic heterocycles. The Balaban J connectivity index is 1.90. The first kappa shape index (κ1) is 12.9. The summed E-state index contributed by atoms with van der Waals surface area (Å²) in [4.78, 5) is 13.1. The third-order valence-corrected chi connectivity index (χ3v) is 3.19. The topological polar surface area (TPSA) is 41.6 Å². The summed E-state index contributed by atoms with van der Waals surface area (Å²) >= 11 is 0. The number of fused-ring (bicyclic) bond motifs is 1. The monoisotopic (exact) mass is 248 g/mol. The zero-order chi connectivity index (χ0) is 13.0. The number of rotatable bonds is 4. The maximum absolute atomic E-state index is 11.5. The van der Waals surface area contributed by atoms with Crippen molar-refractivity contribution in [1.82, 2.24) is 10.2 Å². The van der Waals surface area contributed by atoms with E-state index < -0.39 is 0 Å². The molecule has 1 amide bonds. The fraction of sp³-hybridized carbons (Fsp3) is 0.500. The number of para-hydroxylation sites is 1. The summed E-state index contributed by atoms with van der Waals surface area (Å²) in [6, 6.07) is 8.38. The Kier molecular flexibility index (Phi) is 4.20. The van der Waals surface area contributed by atoms with E-state index in [2.05, 4.69) is 11.4 Å². The van der Waals surface area contributed by atoms with Crippen LogP contribution in [0.15, 0.2) is 24.3 Å². The van der Waals surface area contributed by atoms with Crippen LogP contribution in [0.5, 0.6) is 5.75 Å². The molecular formula is C14H20N2O2. The van der Waals surface area contributed by atoms with Crippen LogP contribution in [0, 0.1) is 0 Å². The highest BCUT2D eigenvalue weighted by Gasteiger charge is 2.20. The molecule has 2 rings (SSSR count). The predicted molar refractivity (Wildman–Crippen MR) is 70.6 cm³/mol. The number of carbonyl (C=O) groups is 1. The normalized spacial score (nSPS) is 17.8. The molecule has 1 aromatic carbocycles. The van der Waals surface area contributed by atoms with Crippen LogP contribution in [0.2, 0.25) is 0 Å². The number of hydrogen-bond donors (Lipinski definition) is 1. The number of ether oxygens (including phenoxy) is 1. The summed E-state index contributed by atoms with van der Waals surface area (Å²) in [7, 11) is 3.57. The van der Waals surface area contributed by atoms with E-state index in [1.54, 1.807) is 19.0 Å². The summed E-state index contributed by atoms with van der Waals surface area (Å²) < 4.78 is 5.60. The van der Waals surface area contributed by atoms with Crippen LogP contribution in [0.1, 0.15) is 24.4 Å². The molecule has 98 valence electrons. The lowest BCUT2D eigenvalue weighted by Crippen LogP contribution is -2.31. The van der Waals surface area contributed by atoms with E-state index >= 15 is 0 Å². The molecule has 1 atom stereocenters. The van der Waals surface area contributed by atoms with Gasteiger partial charge in [0.2, 0.25) is 5.91 Å². The van der Waals surface area contributed by atoms with Gasteiger partial charge in [-0.15, -0.1) is 0 Å². The smallest absolute Gasteiger partial charge is 0.223 e. The van der Waals surface area contributed by atoms with Crippen molar-refractivity contribution in [1.29, 1.82) is 0 Å². The van der Waals surface area contributed by atoms with Crippen LogP contribution in [0.3, 0.4) is 0 Å². The van der Waals surface area contributed by atoms with Gasteiger partial charge < -0.3 is 15.0 Å². The molecule has 1 N–H and O–H groups in total. The first-order valence-corrected chi connectivity index (χ1v) is 6.34. The lowest BCUT2D eigenvalue weighted by molar-refractivity contribution is -0.128. The summed E-state index contributed by atoms with van der Waals surface area (Å²) in [5.41, 5.74) is 1.20. The van der Waals surface area contributed by atoms with Crippen molar-refractivity contribution in [3.8, 4) is 5.75 Å². The van der Waals surface area contributed by atoms with E-state index in [4.69, 9.17) is 4.74 Å². The van der Waals surface area contributed by atoms with Crippen molar-refractivity contribution in [2.45, 2.75) is 18.9 Å². The Hall–Kier alpha value is -1.55. The van der Waals surface area contributed by atoms with Crippen LogP contribution in [-0.4, -0.2) is 38.1 Å². The lowest BCUT2D eigenvalue weighted by atomic mass is 10.0. The van der Waals surface area contributed by atoms with Gasteiger partial charge in [0.05, 0.1) is 6.61 Å². The van der Waals surface area contributed by atoms with Crippen LogP contribution >= 0.6 is 0 Å². The largest absolute Gasteiger partial charge is 0.493 e. The van der Waals surface area contributed by atoms with Crippen molar-refractivity contribution < 1.29 is 9.53 Å². The second kappa shape index (κ2) is 5.87. The van der Waals surface area contributed by atoms with E-state index in [1.165, 1.54) is 5.56 Å². The molecule has 0 saturated carbocycles. The Morgan fingerprint density at radius 2 is 2.22 bits per heavy atom. The average Bonchev–Trinajstić information content (AvgIpc) is 2.38. The number of nitrogens with zero attached hydrogens (tertiary/aromatic N) is 1. The standard InChI is InChI=1S/C14H20N2O2/c1-16(2)14(17)7-9-15-12-8-10-18-13-6-4-3-5-11(12)13/h3-6,12,15H,7-10H2,1-2H3. The minimum absolute atomic E-state index is 0.155. The molecule has 1 aliphatic rings. The third kappa shape index (κ3) is 3.01. The van der Waals surface area contributed by atoms with E-state index in [-0.39, 0.29) is 5.91 Å². The minimum Gasteiger partial charge on any atom is -0.493 e.